The van der Waals surface area contributed by atoms with E-state index < -0.39 is 9.84 Å². The average Bonchev–Trinajstić information content (AvgIpc) is 2.37. The summed E-state index contributed by atoms with van der Waals surface area (Å²) in [5, 5.41) is 0. The number of sulfone groups is 1. The second-order valence-electron chi connectivity index (χ2n) is 4.28. The zero-order valence-corrected chi connectivity index (χ0v) is 12.7. The Balaban J connectivity index is 3.04. The zero-order chi connectivity index (χ0) is 14.5. The summed E-state index contributed by atoms with van der Waals surface area (Å²) in [6.45, 7) is 3.04. The molecule has 0 heterocycles. The van der Waals surface area contributed by atoms with E-state index in [1.807, 2.05) is 6.92 Å². The molecule has 106 valence electrons. The minimum absolute atomic E-state index is 0.153. The smallest absolute Gasteiger partial charge is 0.253 e. The van der Waals surface area contributed by atoms with E-state index in [1.165, 1.54) is 12.1 Å². The van der Waals surface area contributed by atoms with Crippen LogP contribution >= 0.6 is 11.6 Å². The standard InChI is InChI=1S/C13H18ClNO3S/c1-3-8-15(9-7-14)13(16)11-5-4-6-12(10-11)19(2,17)18/h4-6,10H,3,7-9H2,1-2H3. The van der Waals surface area contributed by atoms with Crippen molar-refractivity contribution in [2.75, 3.05) is 25.2 Å². The first-order chi connectivity index (χ1) is 8.90. The van der Waals surface area contributed by atoms with Crippen molar-refractivity contribution in [2.24, 2.45) is 0 Å². The monoisotopic (exact) mass is 303 g/mol. The maximum atomic E-state index is 12.3. The number of hydrogen-bond donors (Lipinski definition) is 0. The number of rotatable bonds is 6. The molecule has 0 aliphatic rings. The molecule has 19 heavy (non-hydrogen) atoms. The molecule has 0 spiro atoms. The molecule has 0 aliphatic heterocycles. The number of amides is 1. The van der Waals surface area contributed by atoms with Crippen molar-refractivity contribution in [2.45, 2.75) is 18.2 Å². The lowest BCUT2D eigenvalue weighted by Crippen LogP contribution is -2.33. The van der Waals surface area contributed by atoms with Crippen molar-refractivity contribution in [1.82, 2.24) is 4.90 Å². The van der Waals surface area contributed by atoms with Crippen molar-refractivity contribution in [3.8, 4) is 0 Å². The van der Waals surface area contributed by atoms with Crippen molar-refractivity contribution >= 4 is 27.3 Å². The number of hydrogen-bond acceptors (Lipinski definition) is 3. The Morgan fingerprint density at radius 1 is 1.32 bits per heavy atom. The third-order valence-electron chi connectivity index (χ3n) is 2.64. The number of nitrogens with zero attached hydrogens (tertiary/aromatic N) is 1. The van der Waals surface area contributed by atoms with Crippen LogP contribution in [0.3, 0.4) is 0 Å². The van der Waals surface area contributed by atoms with E-state index in [0.717, 1.165) is 12.7 Å². The molecule has 1 rings (SSSR count). The van der Waals surface area contributed by atoms with E-state index in [2.05, 4.69) is 0 Å². The van der Waals surface area contributed by atoms with Crippen LogP contribution in [0.1, 0.15) is 23.7 Å². The zero-order valence-electron chi connectivity index (χ0n) is 11.1. The molecule has 0 saturated carbocycles. The predicted octanol–water partition coefficient (Wildman–Crippen LogP) is 2.18. The van der Waals surface area contributed by atoms with Crippen LogP contribution in [0.2, 0.25) is 0 Å². The number of carbonyl (C=O) groups excluding carboxylic acids is 1. The van der Waals surface area contributed by atoms with Crippen LogP contribution in [0, 0.1) is 0 Å². The molecule has 0 atom stereocenters. The van der Waals surface area contributed by atoms with Gasteiger partial charge < -0.3 is 4.90 Å². The Hall–Kier alpha value is -1.07. The van der Waals surface area contributed by atoms with Crippen molar-refractivity contribution in [1.29, 1.82) is 0 Å². The van der Waals surface area contributed by atoms with Crippen LogP contribution in [0.25, 0.3) is 0 Å². The highest BCUT2D eigenvalue weighted by molar-refractivity contribution is 7.90. The minimum atomic E-state index is -3.31. The number of benzene rings is 1. The van der Waals surface area contributed by atoms with E-state index in [-0.39, 0.29) is 10.8 Å². The molecule has 6 heteroatoms. The van der Waals surface area contributed by atoms with Gasteiger partial charge in [0, 0.05) is 30.8 Å². The van der Waals surface area contributed by atoms with Gasteiger partial charge in [0.1, 0.15) is 0 Å². The summed E-state index contributed by atoms with van der Waals surface area (Å²) in [7, 11) is -3.31. The number of halogens is 1. The molecule has 1 aromatic rings. The molecule has 1 aromatic carbocycles. The molecule has 1 amide bonds. The van der Waals surface area contributed by atoms with Gasteiger partial charge in [-0.05, 0) is 24.6 Å². The Kier molecular flexibility index (Phi) is 5.82. The van der Waals surface area contributed by atoms with E-state index in [9.17, 15) is 13.2 Å². The topological polar surface area (TPSA) is 54.5 Å². The lowest BCUT2D eigenvalue weighted by Gasteiger charge is -2.21. The summed E-state index contributed by atoms with van der Waals surface area (Å²) in [6.07, 6.45) is 1.95. The molecule has 0 bridgehead atoms. The highest BCUT2D eigenvalue weighted by Gasteiger charge is 2.16. The van der Waals surface area contributed by atoms with Gasteiger partial charge in [-0.25, -0.2) is 8.42 Å². The van der Waals surface area contributed by atoms with Gasteiger partial charge in [-0.1, -0.05) is 13.0 Å². The molecule has 4 nitrogen and oxygen atoms in total. The molecular formula is C13H18ClNO3S. The lowest BCUT2D eigenvalue weighted by atomic mass is 10.2. The Labute approximate surface area is 119 Å². The van der Waals surface area contributed by atoms with Crippen molar-refractivity contribution in [3.63, 3.8) is 0 Å². The predicted molar refractivity (Wildman–Crippen MR) is 76.5 cm³/mol. The molecule has 0 aliphatic carbocycles. The fourth-order valence-corrected chi connectivity index (χ4v) is 2.60. The first-order valence-corrected chi connectivity index (χ1v) is 8.48. The van der Waals surface area contributed by atoms with Crippen LogP contribution in [0.15, 0.2) is 29.2 Å². The van der Waals surface area contributed by atoms with Crippen LogP contribution in [0.4, 0.5) is 0 Å². The summed E-state index contributed by atoms with van der Waals surface area (Å²) in [5.41, 5.74) is 0.376. The third kappa shape index (κ3) is 4.51. The van der Waals surface area contributed by atoms with Crippen molar-refractivity contribution < 1.29 is 13.2 Å². The summed E-state index contributed by atoms with van der Waals surface area (Å²) < 4.78 is 23.0. The SMILES string of the molecule is CCCN(CCCl)C(=O)c1cccc(S(C)(=O)=O)c1. The Bertz CT molecular complexity index is 537. The highest BCUT2D eigenvalue weighted by atomic mass is 35.5. The second kappa shape index (κ2) is 6.91. The molecule has 0 unspecified atom stereocenters. The van der Waals surface area contributed by atoms with Crippen molar-refractivity contribution in [3.05, 3.63) is 29.8 Å². The molecule has 0 saturated heterocycles. The van der Waals surface area contributed by atoms with Crippen LogP contribution < -0.4 is 0 Å². The normalized spacial score (nSPS) is 11.3. The fourth-order valence-electron chi connectivity index (χ4n) is 1.73. The number of alkyl halides is 1. The van der Waals surface area contributed by atoms with E-state index >= 15 is 0 Å². The van der Waals surface area contributed by atoms with Gasteiger partial charge in [-0.3, -0.25) is 4.79 Å². The minimum Gasteiger partial charge on any atom is -0.337 e. The maximum Gasteiger partial charge on any atom is 0.253 e. The Morgan fingerprint density at radius 3 is 2.53 bits per heavy atom. The van der Waals surface area contributed by atoms with Crippen LogP contribution in [-0.2, 0) is 9.84 Å². The van der Waals surface area contributed by atoms with E-state index in [0.29, 0.717) is 24.5 Å². The van der Waals surface area contributed by atoms with Crippen LogP contribution in [0.5, 0.6) is 0 Å². The second-order valence-corrected chi connectivity index (χ2v) is 6.67. The summed E-state index contributed by atoms with van der Waals surface area (Å²) in [4.78, 5) is 14.1. The first-order valence-electron chi connectivity index (χ1n) is 6.05. The highest BCUT2D eigenvalue weighted by Crippen LogP contribution is 2.13. The first kappa shape index (κ1) is 16.0. The molecule has 0 aromatic heterocycles. The van der Waals surface area contributed by atoms with Crippen LogP contribution in [-0.4, -0.2) is 44.5 Å². The van der Waals surface area contributed by atoms with E-state index in [1.54, 1.807) is 17.0 Å². The molecule has 0 N–H and O–H groups in total. The van der Waals surface area contributed by atoms with Gasteiger partial charge in [0.05, 0.1) is 4.90 Å². The quantitative estimate of drug-likeness (QED) is 0.757. The van der Waals surface area contributed by atoms with Gasteiger partial charge in [0.15, 0.2) is 9.84 Å². The largest absolute Gasteiger partial charge is 0.337 e. The lowest BCUT2D eigenvalue weighted by molar-refractivity contribution is 0.0765. The maximum absolute atomic E-state index is 12.3. The summed E-state index contributed by atoms with van der Waals surface area (Å²) >= 11 is 5.68. The van der Waals surface area contributed by atoms with Gasteiger partial charge in [0.25, 0.3) is 5.91 Å². The molecule has 0 radical (unpaired) electrons. The van der Waals surface area contributed by atoms with Gasteiger partial charge in [0.2, 0.25) is 0 Å². The summed E-state index contributed by atoms with van der Waals surface area (Å²) in [6, 6.07) is 6.09. The van der Waals surface area contributed by atoms with Gasteiger partial charge in [-0.2, -0.15) is 0 Å². The molecule has 0 fully saturated rings. The Morgan fingerprint density at radius 2 is 2.00 bits per heavy atom. The fraction of sp³-hybridized carbons (Fsp3) is 0.462. The van der Waals surface area contributed by atoms with E-state index in [4.69, 9.17) is 11.6 Å². The summed E-state index contributed by atoms with van der Waals surface area (Å²) in [5.74, 6) is 0.172. The average molecular weight is 304 g/mol. The third-order valence-corrected chi connectivity index (χ3v) is 3.92. The van der Waals surface area contributed by atoms with Gasteiger partial charge in [-0.15, -0.1) is 11.6 Å². The molecular weight excluding hydrogens is 286 g/mol. The number of carbonyl (C=O) groups is 1. The van der Waals surface area contributed by atoms with Gasteiger partial charge >= 0.3 is 0 Å².